The van der Waals surface area contributed by atoms with Crippen LogP contribution in [0.3, 0.4) is 0 Å². The number of benzene rings is 1. The second-order valence-corrected chi connectivity index (χ2v) is 6.28. The largest absolute Gasteiger partial charge is 0.325 e. The Hall–Kier alpha value is -1.57. The van der Waals surface area contributed by atoms with Crippen molar-refractivity contribution in [3.05, 3.63) is 29.6 Å². The van der Waals surface area contributed by atoms with Crippen molar-refractivity contribution in [3.63, 3.8) is 0 Å². The molecule has 0 bridgehead atoms. The summed E-state index contributed by atoms with van der Waals surface area (Å²) in [5, 5.41) is 8.92. The van der Waals surface area contributed by atoms with Crippen molar-refractivity contribution >= 4 is 22.6 Å². The van der Waals surface area contributed by atoms with Crippen LogP contribution in [0.5, 0.6) is 0 Å². The molecule has 0 aliphatic carbocycles. The number of likely N-dealkylation sites (N-methyl/N-ethyl adjacent to an activating group) is 1. The van der Waals surface area contributed by atoms with Crippen molar-refractivity contribution in [1.29, 1.82) is 5.26 Å². The zero-order chi connectivity index (χ0) is 15.6. The van der Waals surface area contributed by atoms with E-state index in [4.69, 9.17) is 16.9 Å². The third-order valence-corrected chi connectivity index (χ3v) is 4.02. The maximum absolute atomic E-state index is 9.08. The molecule has 0 saturated carbocycles. The van der Waals surface area contributed by atoms with E-state index in [1.807, 2.05) is 19.1 Å². The van der Waals surface area contributed by atoms with Gasteiger partial charge in [0.2, 0.25) is 0 Å². The highest BCUT2D eigenvalue weighted by molar-refractivity contribution is 6.20. The number of hydrogen-bond acceptors (Lipinski definition) is 3. The van der Waals surface area contributed by atoms with E-state index in [0.717, 1.165) is 29.9 Å². The maximum Gasteiger partial charge on any atom is 0.127 e. The number of nitrogens with zero attached hydrogens (tertiary/aromatic N) is 4. The summed E-state index contributed by atoms with van der Waals surface area (Å²) in [6.07, 6.45) is 0. The summed E-state index contributed by atoms with van der Waals surface area (Å²) >= 11 is 6.27. The van der Waals surface area contributed by atoms with Gasteiger partial charge in [-0.25, -0.2) is 4.98 Å². The lowest BCUT2D eigenvalue weighted by atomic mass is 10.2. The lowest BCUT2D eigenvalue weighted by Crippen LogP contribution is -2.30. The lowest BCUT2D eigenvalue weighted by molar-refractivity contribution is 0.263. The van der Waals surface area contributed by atoms with Gasteiger partial charge in [0.1, 0.15) is 5.82 Å². The molecule has 21 heavy (non-hydrogen) atoms. The molecule has 1 unspecified atom stereocenters. The molecule has 2 rings (SSSR count). The van der Waals surface area contributed by atoms with Gasteiger partial charge in [0.15, 0.2) is 0 Å². The molecule has 0 N–H and O–H groups in total. The minimum atomic E-state index is -0.160. The second-order valence-electron chi connectivity index (χ2n) is 5.63. The molecule has 1 aromatic carbocycles. The van der Waals surface area contributed by atoms with Crippen LogP contribution in [-0.2, 0) is 6.54 Å². The smallest absolute Gasteiger partial charge is 0.127 e. The number of alkyl halides is 1. The predicted octanol–water partition coefficient (Wildman–Crippen LogP) is 3.55. The number of hydrogen-bond donors (Lipinski definition) is 0. The zero-order valence-corrected chi connectivity index (χ0v) is 13.7. The molecule has 0 aliphatic rings. The standard InChI is InChI=1S/C16H21ClN4/c1-11(2)20(4)7-8-21-15-9-13(10-18)5-6-14(15)19-16(21)12(3)17/h5-6,9,11-12H,7-8H2,1-4H3. The molecule has 112 valence electrons. The predicted molar refractivity (Wildman–Crippen MR) is 86.5 cm³/mol. The van der Waals surface area contributed by atoms with Crippen molar-refractivity contribution in [3.8, 4) is 6.07 Å². The Bertz CT molecular complexity index is 667. The van der Waals surface area contributed by atoms with Crippen molar-refractivity contribution < 1.29 is 0 Å². The fourth-order valence-corrected chi connectivity index (χ4v) is 2.43. The van der Waals surface area contributed by atoms with Gasteiger partial charge >= 0.3 is 0 Å². The Balaban J connectivity index is 2.42. The highest BCUT2D eigenvalue weighted by Gasteiger charge is 2.16. The highest BCUT2D eigenvalue weighted by atomic mass is 35.5. The van der Waals surface area contributed by atoms with Crippen LogP contribution in [0.2, 0.25) is 0 Å². The number of nitriles is 1. The molecule has 0 saturated heterocycles. The van der Waals surface area contributed by atoms with Crippen LogP contribution >= 0.6 is 11.6 Å². The van der Waals surface area contributed by atoms with Gasteiger partial charge in [-0.1, -0.05) is 0 Å². The molecule has 1 atom stereocenters. The topological polar surface area (TPSA) is 44.9 Å². The molecular weight excluding hydrogens is 284 g/mol. The molecule has 0 amide bonds. The van der Waals surface area contributed by atoms with Crippen LogP contribution in [-0.4, -0.2) is 34.1 Å². The van der Waals surface area contributed by atoms with Crippen LogP contribution < -0.4 is 0 Å². The third-order valence-electron chi connectivity index (χ3n) is 3.82. The molecule has 4 nitrogen and oxygen atoms in total. The molecule has 0 spiro atoms. The first kappa shape index (κ1) is 15.8. The molecule has 0 aliphatic heterocycles. The average molecular weight is 305 g/mol. The van der Waals surface area contributed by atoms with Gasteiger partial charge in [-0.15, -0.1) is 11.6 Å². The number of imidazole rings is 1. The molecule has 0 fully saturated rings. The Morgan fingerprint density at radius 1 is 1.38 bits per heavy atom. The molecule has 5 heteroatoms. The zero-order valence-electron chi connectivity index (χ0n) is 13.0. The van der Waals surface area contributed by atoms with Gasteiger partial charge in [0.25, 0.3) is 0 Å². The molecule has 1 heterocycles. The fraction of sp³-hybridized carbons (Fsp3) is 0.500. The van der Waals surface area contributed by atoms with Gasteiger partial charge < -0.3 is 9.47 Å². The van der Waals surface area contributed by atoms with E-state index >= 15 is 0 Å². The van der Waals surface area contributed by atoms with E-state index in [0.29, 0.717) is 11.6 Å². The summed E-state index contributed by atoms with van der Waals surface area (Å²) in [6, 6.07) is 8.25. The first-order valence-corrected chi connectivity index (χ1v) is 7.62. The summed E-state index contributed by atoms with van der Waals surface area (Å²) in [5.41, 5.74) is 2.52. The van der Waals surface area contributed by atoms with E-state index in [9.17, 15) is 0 Å². The summed E-state index contributed by atoms with van der Waals surface area (Å²) in [6.45, 7) is 8.00. The summed E-state index contributed by atoms with van der Waals surface area (Å²) in [4.78, 5) is 6.89. The fourth-order valence-electron chi connectivity index (χ4n) is 2.27. The Kier molecular flexibility index (Phi) is 4.87. The first-order valence-electron chi connectivity index (χ1n) is 7.18. The normalized spacial score (nSPS) is 13.0. The lowest BCUT2D eigenvalue weighted by Gasteiger charge is -2.22. The van der Waals surface area contributed by atoms with Crippen molar-refractivity contribution in [1.82, 2.24) is 14.5 Å². The Labute approximate surface area is 130 Å². The van der Waals surface area contributed by atoms with Gasteiger partial charge in [0.05, 0.1) is 28.0 Å². The van der Waals surface area contributed by atoms with Crippen LogP contribution in [0.25, 0.3) is 11.0 Å². The van der Waals surface area contributed by atoms with E-state index in [1.54, 1.807) is 6.07 Å². The van der Waals surface area contributed by atoms with Gasteiger partial charge in [-0.2, -0.15) is 5.26 Å². The first-order chi connectivity index (χ1) is 9.93. The number of aromatic nitrogens is 2. The average Bonchev–Trinajstić information content (AvgIpc) is 2.82. The van der Waals surface area contributed by atoms with Crippen LogP contribution in [0.15, 0.2) is 18.2 Å². The van der Waals surface area contributed by atoms with Crippen LogP contribution in [0, 0.1) is 11.3 Å². The van der Waals surface area contributed by atoms with Crippen molar-refractivity contribution in [2.45, 2.75) is 38.7 Å². The Morgan fingerprint density at radius 2 is 2.10 bits per heavy atom. The molecule has 0 radical (unpaired) electrons. The van der Waals surface area contributed by atoms with Crippen molar-refractivity contribution in [2.24, 2.45) is 0 Å². The quantitative estimate of drug-likeness (QED) is 0.794. The number of rotatable bonds is 5. The molecule has 2 aromatic rings. The minimum Gasteiger partial charge on any atom is -0.325 e. The highest BCUT2D eigenvalue weighted by Crippen LogP contribution is 2.25. The van der Waals surface area contributed by atoms with Crippen molar-refractivity contribution in [2.75, 3.05) is 13.6 Å². The Morgan fingerprint density at radius 3 is 2.67 bits per heavy atom. The van der Waals surface area contributed by atoms with Gasteiger partial charge in [-0.05, 0) is 46.0 Å². The van der Waals surface area contributed by atoms with Crippen LogP contribution in [0.4, 0.5) is 0 Å². The third kappa shape index (κ3) is 3.37. The summed E-state index contributed by atoms with van der Waals surface area (Å²) in [7, 11) is 2.11. The SMILES string of the molecule is CC(Cl)c1nc2ccc(C#N)cc2n1CCN(C)C(C)C. The number of fused-ring (bicyclic) bond motifs is 1. The van der Waals surface area contributed by atoms with Crippen LogP contribution in [0.1, 0.15) is 37.5 Å². The van der Waals surface area contributed by atoms with E-state index < -0.39 is 0 Å². The molecular formula is C16H21ClN4. The molecule has 1 aromatic heterocycles. The number of halogens is 1. The second kappa shape index (κ2) is 6.46. The minimum absolute atomic E-state index is 0.160. The van der Waals surface area contributed by atoms with Gasteiger partial charge in [-0.3, -0.25) is 0 Å². The summed E-state index contributed by atoms with van der Waals surface area (Å²) in [5.74, 6) is 0.860. The van der Waals surface area contributed by atoms with E-state index in [1.165, 1.54) is 0 Å². The monoisotopic (exact) mass is 304 g/mol. The summed E-state index contributed by atoms with van der Waals surface area (Å²) < 4.78 is 2.13. The van der Waals surface area contributed by atoms with E-state index in [2.05, 4.69) is 41.4 Å². The maximum atomic E-state index is 9.08. The van der Waals surface area contributed by atoms with E-state index in [-0.39, 0.29) is 5.38 Å². The van der Waals surface area contributed by atoms with Gasteiger partial charge in [0, 0.05) is 19.1 Å².